The number of nitrogens with zero attached hydrogens (tertiary/aromatic N) is 2. The molecule has 0 aliphatic rings. The van der Waals surface area contributed by atoms with Gasteiger partial charge in [0.2, 0.25) is 0 Å². The maximum Gasteiger partial charge on any atom is 0.277 e. The van der Waals surface area contributed by atoms with Crippen molar-refractivity contribution < 1.29 is 28.3 Å². The number of aliphatic hydroxyl groups is 1. The first-order valence-electron chi connectivity index (χ1n) is 11.5. The van der Waals surface area contributed by atoms with E-state index in [2.05, 4.69) is 4.98 Å². The highest BCUT2D eigenvalue weighted by Crippen LogP contribution is 2.25. The highest BCUT2D eigenvalue weighted by molar-refractivity contribution is 7.98. The normalized spacial score (nSPS) is 13.2. The van der Waals surface area contributed by atoms with Crippen molar-refractivity contribution in [3.63, 3.8) is 0 Å². The number of carbonyl (C=O) groups excluding carboxylic acids is 1. The molecule has 36 heavy (non-hydrogen) atoms. The molecule has 0 aliphatic carbocycles. The second-order valence-electron chi connectivity index (χ2n) is 8.35. The summed E-state index contributed by atoms with van der Waals surface area (Å²) in [6.45, 7) is 3.17. The Morgan fingerprint density at radius 1 is 1.17 bits per heavy atom. The van der Waals surface area contributed by atoms with E-state index in [1.54, 1.807) is 6.20 Å². The Kier molecular flexibility index (Phi) is 9.94. The van der Waals surface area contributed by atoms with Crippen molar-refractivity contribution in [3.05, 3.63) is 78.4 Å². The molecule has 1 unspecified atom stereocenters. The monoisotopic (exact) mass is 533 g/mol. The van der Waals surface area contributed by atoms with E-state index >= 15 is 0 Å². The summed E-state index contributed by atoms with van der Waals surface area (Å²) in [5.74, 6) is -0.789. The third-order valence-electron chi connectivity index (χ3n) is 5.47. The SMILES string of the molecule is CCCCOc1ccc(S(=O)(=O)CC(O)(CSCc2nccn2Cc2ccccc2)C(=O)NO)cc1. The average Bonchev–Trinajstić information content (AvgIpc) is 3.31. The Morgan fingerprint density at radius 2 is 1.89 bits per heavy atom. The zero-order chi connectivity index (χ0) is 26.0. The van der Waals surface area contributed by atoms with E-state index in [9.17, 15) is 23.5 Å². The van der Waals surface area contributed by atoms with Gasteiger partial charge in [-0.15, -0.1) is 0 Å². The Bertz CT molecular complexity index is 1220. The van der Waals surface area contributed by atoms with Gasteiger partial charge in [-0.2, -0.15) is 11.8 Å². The number of sulfone groups is 1. The van der Waals surface area contributed by atoms with Crippen LogP contribution < -0.4 is 10.2 Å². The van der Waals surface area contributed by atoms with E-state index in [1.165, 1.54) is 29.7 Å². The van der Waals surface area contributed by atoms with Crippen LogP contribution in [-0.2, 0) is 26.9 Å². The van der Waals surface area contributed by atoms with Crippen LogP contribution in [0, 0.1) is 0 Å². The number of ether oxygens (including phenoxy) is 1. The van der Waals surface area contributed by atoms with Crippen LogP contribution in [0.4, 0.5) is 0 Å². The number of hydrogen-bond donors (Lipinski definition) is 3. The van der Waals surface area contributed by atoms with E-state index in [1.807, 2.05) is 48.0 Å². The van der Waals surface area contributed by atoms with Crippen molar-refractivity contribution in [3.8, 4) is 5.75 Å². The van der Waals surface area contributed by atoms with Gasteiger partial charge >= 0.3 is 0 Å². The van der Waals surface area contributed by atoms with E-state index in [4.69, 9.17) is 4.74 Å². The van der Waals surface area contributed by atoms with Gasteiger partial charge in [0.15, 0.2) is 15.4 Å². The molecule has 194 valence electrons. The number of imidazole rings is 1. The maximum absolute atomic E-state index is 13.0. The van der Waals surface area contributed by atoms with Gasteiger partial charge in [0.05, 0.1) is 23.0 Å². The molecule has 0 bridgehead atoms. The molecule has 1 atom stereocenters. The number of benzene rings is 2. The van der Waals surface area contributed by atoms with Crippen LogP contribution in [0.2, 0.25) is 0 Å². The molecular formula is C25H31N3O6S2. The van der Waals surface area contributed by atoms with Crippen molar-refractivity contribution >= 4 is 27.5 Å². The van der Waals surface area contributed by atoms with Crippen LogP contribution in [0.1, 0.15) is 31.2 Å². The predicted molar refractivity (Wildman–Crippen MR) is 138 cm³/mol. The molecule has 1 heterocycles. The molecule has 3 aromatic rings. The quantitative estimate of drug-likeness (QED) is 0.164. The van der Waals surface area contributed by atoms with Crippen LogP contribution in [0.5, 0.6) is 5.75 Å². The van der Waals surface area contributed by atoms with Gasteiger partial charge < -0.3 is 14.4 Å². The Morgan fingerprint density at radius 3 is 2.56 bits per heavy atom. The second-order valence-corrected chi connectivity index (χ2v) is 11.3. The first kappa shape index (κ1) is 27.7. The second kappa shape index (κ2) is 12.9. The summed E-state index contributed by atoms with van der Waals surface area (Å²) in [6, 6.07) is 15.6. The molecule has 3 rings (SSSR count). The third-order valence-corrected chi connectivity index (χ3v) is 8.46. The minimum Gasteiger partial charge on any atom is -0.494 e. The molecule has 0 saturated heterocycles. The van der Waals surface area contributed by atoms with Crippen molar-refractivity contribution in [2.24, 2.45) is 0 Å². The van der Waals surface area contributed by atoms with Gasteiger partial charge in [0, 0.05) is 24.7 Å². The van der Waals surface area contributed by atoms with Crippen molar-refractivity contribution in [1.29, 1.82) is 0 Å². The smallest absolute Gasteiger partial charge is 0.277 e. The molecule has 3 N–H and O–H groups in total. The van der Waals surface area contributed by atoms with Gasteiger partial charge in [-0.1, -0.05) is 43.7 Å². The molecular weight excluding hydrogens is 502 g/mol. The molecule has 0 aliphatic heterocycles. The number of unbranched alkanes of at least 4 members (excludes halogenated alkanes) is 1. The number of hydroxylamine groups is 1. The largest absolute Gasteiger partial charge is 0.494 e. The summed E-state index contributed by atoms with van der Waals surface area (Å²) in [5.41, 5.74) is 0.131. The summed E-state index contributed by atoms with van der Waals surface area (Å²) in [6.07, 6.45) is 5.35. The zero-order valence-corrected chi connectivity index (χ0v) is 21.7. The lowest BCUT2D eigenvalue weighted by Gasteiger charge is -2.25. The molecule has 11 heteroatoms. The average molecular weight is 534 g/mol. The lowest BCUT2D eigenvalue weighted by atomic mass is 10.1. The van der Waals surface area contributed by atoms with Gasteiger partial charge in [0.25, 0.3) is 5.91 Å². The summed E-state index contributed by atoms with van der Waals surface area (Å²) < 4.78 is 33.5. The van der Waals surface area contributed by atoms with Crippen molar-refractivity contribution in [2.45, 2.75) is 42.6 Å². The standard InChI is InChI=1S/C25H31N3O6S2/c1-2-3-15-34-21-9-11-22(12-10-21)36(32,33)19-25(30,24(29)27-31)18-35-17-23-26-13-14-28(23)16-20-7-5-4-6-8-20/h4-14,30-31H,2-3,15-19H2,1H3,(H,27,29). The van der Waals surface area contributed by atoms with Gasteiger partial charge in [0.1, 0.15) is 11.6 Å². The van der Waals surface area contributed by atoms with Gasteiger partial charge in [-0.3, -0.25) is 10.0 Å². The minimum absolute atomic E-state index is 0.0575. The fraction of sp³-hybridized carbons (Fsp3) is 0.360. The molecule has 0 fully saturated rings. The number of aromatic nitrogens is 2. The molecule has 0 radical (unpaired) electrons. The summed E-state index contributed by atoms with van der Waals surface area (Å²) in [4.78, 5) is 16.6. The van der Waals surface area contributed by atoms with E-state index in [-0.39, 0.29) is 10.6 Å². The molecule has 0 saturated carbocycles. The highest BCUT2D eigenvalue weighted by atomic mass is 32.2. The molecule has 1 aromatic heterocycles. The van der Waals surface area contributed by atoms with Gasteiger partial charge in [-0.25, -0.2) is 18.9 Å². The van der Waals surface area contributed by atoms with Crippen molar-refractivity contribution in [1.82, 2.24) is 15.0 Å². The maximum atomic E-state index is 13.0. The topological polar surface area (TPSA) is 131 Å². The van der Waals surface area contributed by atoms with Crippen LogP contribution in [0.3, 0.4) is 0 Å². The third kappa shape index (κ3) is 7.57. The molecule has 1 amide bonds. The minimum atomic E-state index is -4.06. The first-order valence-corrected chi connectivity index (χ1v) is 14.3. The lowest BCUT2D eigenvalue weighted by Crippen LogP contribution is -2.52. The number of rotatable bonds is 14. The van der Waals surface area contributed by atoms with E-state index in [0.717, 1.165) is 30.2 Å². The summed E-state index contributed by atoms with van der Waals surface area (Å²) in [5, 5.41) is 20.2. The van der Waals surface area contributed by atoms with Crippen molar-refractivity contribution in [2.75, 3.05) is 18.1 Å². The molecule has 0 spiro atoms. The van der Waals surface area contributed by atoms with Crippen LogP contribution in [-0.4, -0.2) is 57.9 Å². The fourth-order valence-electron chi connectivity index (χ4n) is 3.47. The Labute approximate surface area is 215 Å². The van der Waals surface area contributed by atoms with Crippen LogP contribution >= 0.6 is 11.8 Å². The predicted octanol–water partition coefficient (Wildman–Crippen LogP) is 3.05. The van der Waals surface area contributed by atoms with E-state index < -0.39 is 27.1 Å². The molecule has 9 nitrogen and oxygen atoms in total. The number of amides is 1. The number of nitrogens with one attached hydrogen (secondary N) is 1. The lowest BCUT2D eigenvalue weighted by molar-refractivity contribution is -0.144. The molecule has 2 aromatic carbocycles. The zero-order valence-electron chi connectivity index (χ0n) is 20.0. The van der Waals surface area contributed by atoms with Gasteiger partial charge in [-0.05, 0) is 36.2 Å². The number of hydrogen-bond acceptors (Lipinski definition) is 8. The summed E-state index contributed by atoms with van der Waals surface area (Å²) >= 11 is 1.15. The summed E-state index contributed by atoms with van der Waals surface area (Å²) in [7, 11) is -4.06. The Balaban J connectivity index is 1.66. The van der Waals surface area contributed by atoms with E-state index in [0.29, 0.717) is 30.5 Å². The Hall–Kier alpha value is -2.86. The van der Waals surface area contributed by atoms with Crippen LogP contribution in [0.15, 0.2) is 71.9 Å². The first-order chi connectivity index (χ1) is 17.3. The number of thioether (sulfide) groups is 1. The van der Waals surface area contributed by atoms with Crippen LogP contribution in [0.25, 0.3) is 0 Å². The number of carbonyl (C=O) groups is 1. The fourth-order valence-corrected chi connectivity index (χ4v) is 6.27. The highest BCUT2D eigenvalue weighted by Gasteiger charge is 2.41.